The fraction of sp³-hybridized carbons (Fsp3) is 0.500. The zero-order valence-electron chi connectivity index (χ0n) is 9.54. The van der Waals surface area contributed by atoms with Gasteiger partial charge in [0, 0.05) is 20.1 Å². The van der Waals surface area contributed by atoms with Crippen molar-refractivity contribution in [2.24, 2.45) is 12.2 Å². The predicted molar refractivity (Wildman–Crippen MR) is 61.9 cm³/mol. The minimum absolute atomic E-state index is 0.285. The Hall–Kier alpha value is -1.89. The molecule has 0 atom stereocenters. The Bertz CT molecular complexity index is 477. The fourth-order valence-corrected chi connectivity index (χ4v) is 1.78. The number of hydrogen-bond acceptors (Lipinski definition) is 6. The third kappa shape index (κ3) is 2.28. The zero-order chi connectivity index (χ0) is 12.3. The van der Waals surface area contributed by atoms with Gasteiger partial charge in [0.1, 0.15) is 0 Å². The van der Waals surface area contributed by atoms with Crippen LogP contribution < -0.4 is 10.5 Å². The van der Waals surface area contributed by atoms with E-state index in [1.807, 2.05) is 4.90 Å². The predicted octanol–water partition coefficient (Wildman–Crippen LogP) is -0.575. The number of hydrogen-bond donors (Lipinski definition) is 1. The van der Waals surface area contributed by atoms with Gasteiger partial charge in [0.2, 0.25) is 0 Å². The van der Waals surface area contributed by atoms with Crippen LogP contribution in [0.4, 0.5) is 5.69 Å². The van der Waals surface area contributed by atoms with Crippen LogP contribution in [0.25, 0.3) is 0 Å². The van der Waals surface area contributed by atoms with Gasteiger partial charge in [0.25, 0.3) is 5.56 Å². The molecule has 0 aromatic carbocycles. The molecule has 0 bridgehead atoms. The van der Waals surface area contributed by atoms with E-state index in [4.69, 9.17) is 9.94 Å². The van der Waals surface area contributed by atoms with Crippen molar-refractivity contribution in [2.45, 2.75) is 0 Å². The standard InChI is InChI=1S/C10H14N4O3/c1-13-10(15)8(6-12-16)9(7-11-13)14-2-4-17-5-3-14/h6-7,16H,2-5H2,1H3/b12-6+. The SMILES string of the molecule is Cn1ncc(N2CCOCC2)c(/C=N/O)c1=O. The van der Waals surface area contributed by atoms with E-state index >= 15 is 0 Å². The third-order valence-corrected chi connectivity index (χ3v) is 2.69. The van der Waals surface area contributed by atoms with E-state index in [9.17, 15) is 4.79 Å². The van der Waals surface area contributed by atoms with Crippen molar-refractivity contribution in [1.29, 1.82) is 0 Å². The first-order valence-corrected chi connectivity index (χ1v) is 5.30. The first-order chi connectivity index (χ1) is 8.24. The summed E-state index contributed by atoms with van der Waals surface area (Å²) in [6.07, 6.45) is 2.75. The van der Waals surface area contributed by atoms with Gasteiger partial charge in [-0.25, -0.2) is 4.68 Å². The lowest BCUT2D eigenvalue weighted by Crippen LogP contribution is -2.39. The molecule has 1 saturated heterocycles. The maximum atomic E-state index is 11.9. The number of ether oxygens (including phenoxy) is 1. The number of morpholine rings is 1. The average Bonchev–Trinajstić information content (AvgIpc) is 2.36. The van der Waals surface area contributed by atoms with Crippen molar-refractivity contribution in [1.82, 2.24) is 9.78 Å². The highest BCUT2D eigenvalue weighted by Crippen LogP contribution is 2.15. The maximum absolute atomic E-state index is 11.9. The van der Waals surface area contributed by atoms with Crippen molar-refractivity contribution in [3.63, 3.8) is 0 Å². The molecule has 0 amide bonds. The third-order valence-electron chi connectivity index (χ3n) is 2.69. The summed E-state index contributed by atoms with van der Waals surface area (Å²) in [6, 6.07) is 0. The highest BCUT2D eigenvalue weighted by molar-refractivity contribution is 5.86. The van der Waals surface area contributed by atoms with Crippen LogP contribution in [0.2, 0.25) is 0 Å². The summed E-state index contributed by atoms with van der Waals surface area (Å²) in [5.41, 5.74) is 0.730. The summed E-state index contributed by atoms with van der Waals surface area (Å²) in [5, 5.41) is 15.5. The molecule has 7 nitrogen and oxygen atoms in total. The first-order valence-electron chi connectivity index (χ1n) is 5.30. The molecular weight excluding hydrogens is 224 g/mol. The van der Waals surface area contributed by atoms with E-state index in [1.54, 1.807) is 13.2 Å². The van der Waals surface area contributed by atoms with Gasteiger partial charge in [-0.2, -0.15) is 5.10 Å². The molecule has 1 aromatic rings. The molecule has 0 saturated carbocycles. The molecule has 1 N–H and O–H groups in total. The summed E-state index contributed by atoms with van der Waals surface area (Å²) in [6.45, 7) is 2.62. The second-order valence-electron chi connectivity index (χ2n) is 3.72. The summed E-state index contributed by atoms with van der Waals surface area (Å²) in [7, 11) is 1.56. The Labute approximate surface area is 97.9 Å². The number of aromatic nitrogens is 2. The van der Waals surface area contributed by atoms with E-state index < -0.39 is 0 Å². The van der Waals surface area contributed by atoms with Crippen molar-refractivity contribution >= 4 is 11.9 Å². The minimum Gasteiger partial charge on any atom is -0.411 e. The number of rotatable bonds is 2. The molecule has 92 valence electrons. The van der Waals surface area contributed by atoms with Crippen LogP contribution in [0.15, 0.2) is 16.1 Å². The van der Waals surface area contributed by atoms with E-state index in [0.29, 0.717) is 37.6 Å². The molecule has 1 aromatic heterocycles. The lowest BCUT2D eigenvalue weighted by atomic mass is 10.2. The van der Waals surface area contributed by atoms with Crippen molar-refractivity contribution in [3.05, 3.63) is 22.1 Å². The maximum Gasteiger partial charge on any atom is 0.277 e. The topological polar surface area (TPSA) is 80.0 Å². The molecule has 0 aliphatic carbocycles. The Morgan fingerprint density at radius 1 is 1.53 bits per heavy atom. The number of anilines is 1. The van der Waals surface area contributed by atoms with Crippen LogP contribution in [-0.2, 0) is 11.8 Å². The zero-order valence-corrected chi connectivity index (χ0v) is 9.54. The van der Waals surface area contributed by atoms with Crippen molar-refractivity contribution < 1.29 is 9.94 Å². The molecule has 1 aliphatic heterocycles. The van der Waals surface area contributed by atoms with Crippen LogP contribution in [0.5, 0.6) is 0 Å². The van der Waals surface area contributed by atoms with Crippen molar-refractivity contribution in [3.8, 4) is 0 Å². The number of oxime groups is 1. The number of aryl methyl sites for hydroxylation is 1. The number of nitrogens with zero attached hydrogens (tertiary/aromatic N) is 4. The molecule has 0 radical (unpaired) electrons. The summed E-state index contributed by atoms with van der Waals surface area (Å²) in [4.78, 5) is 13.9. The molecule has 0 spiro atoms. The van der Waals surface area contributed by atoms with Gasteiger partial charge in [-0.05, 0) is 0 Å². The monoisotopic (exact) mass is 238 g/mol. The normalized spacial score (nSPS) is 16.6. The Morgan fingerprint density at radius 2 is 2.24 bits per heavy atom. The van der Waals surface area contributed by atoms with Crippen LogP contribution in [-0.4, -0.2) is 47.5 Å². The Kier molecular flexibility index (Phi) is 3.38. The lowest BCUT2D eigenvalue weighted by Gasteiger charge is -2.29. The molecule has 7 heteroatoms. The average molecular weight is 238 g/mol. The second kappa shape index (κ2) is 4.96. The van der Waals surface area contributed by atoms with E-state index in [1.165, 1.54) is 4.68 Å². The molecule has 2 rings (SSSR count). The highest BCUT2D eigenvalue weighted by atomic mass is 16.5. The molecule has 1 fully saturated rings. The largest absolute Gasteiger partial charge is 0.411 e. The molecule has 1 aliphatic rings. The highest BCUT2D eigenvalue weighted by Gasteiger charge is 2.17. The van der Waals surface area contributed by atoms with E-state index in [0.717, 1.165) is 6.21 Å². The van der Waals surface area contributed by atoms with Gasteiger partial charge in [-0.1, -0.05) is 5.16 Å². The van der Waals surface area contributed by atoms with Gasteiger partial charge in [0.15, 0.2) is 0 Å². The lowest BCUT2D eigenvalue weighted by molar-refractivity contribution is 0.122. The first kappa shape index (κ1) is 11.6. The second-order valence-corrected chi connectivity index (χ2v) is 3.72. The Balaban J connectivity index is 2.45. The van der Waals surface area contributed by atoms with Crippen LogP contribution in [0, 0.1) is 0 Å². The van der Waals surface area contributed by atoms with Crippen LogP contribution in [0.3, 0.4) is 0 Å². The molecule has 2 heterocycles. The summed E-state index contributed by atoms with van der Waals surface area (Å²) >= 11 is 0. The van der Waals surface area contributed by atoms with Crippen LogP contribution in [0.1, 0.15) is 5.56 Å². The summed E-state index contributed by atoms with van der Waals surface area (Å²) < 4.78 is 6.46. The molecule has 17 heavy (non-hydrogen) atoms. The van der Waals surface area contributed by atoms with Gasteiger partial charge in [-0.15, -0.1) is 0 Å². The molecule has 0 unspecified atom stereocenters. The fourth-order valence-electron chi connectivity index (χ4n) is 1.78. The summed E-state index contributed by atoms with van der Waals surface area (Å²) in [5.74, 6) is 0. The van der Waals surface area contributed by atoms with Gasteiger partial charge < -0.3 is 14.8 Å². The Morgan fingerprint density at radius 3 is 2.88 bits per heavy atom. The minimum atomic E-state index is -0.285. The smallest absolute Gasteiger partial charge is 0.277 e. The van der Waals surface area contributed by atoms with Gasteiger partial charge in [0.05, 0.1) is 36.9 Å². The molecular formula is C10H14N4O3. The van der Waals surface area contributed by atoms with Gasteiger partial charge in [-0.3, -0.25) is 4.79 Å². The van der Waals surface area contributed by atoms with E-state index in [2.05, 4.69) is 10.3 Å². The van der Waals surface area contributed by atoms with Crippen molar-refractivity contribution in [2.75, 3.05) is 31.2 Å². The van der Waals surface area contributed by atoms with Gasteiger partial charge >= 0.3 is 0 Å². The van der Waals surface area contributed by atoms with Crippen LogP contribution >= 0.6 is 0 Å². The quantitative estimate of drug-likeness (QED) is 0.424. The van der Waals surface area contributed by atoms with E-state index in [-0.39, 0.29) is 5.56 Å².